The van der Waals surface area contributed by atoms with Gasteiger partial charge in [0.15, 0.2) is 5.82 Å². The van der Waals surface area contributed by atoms with Crippen molar-refractivity contribution in [1.29, 1.82) is 0 Å². The predicted octanol–water partition coefficient (Wildman–Crippen LogP) is 1.80. The first-order valence-electron chi connectivity index (χ1n) is 9.36. The first-order valence-corrected chi connectivity index (χ1v) is 11.2. The molecule has 28 heavy (non-hydrogen) atoms. The van der Waals surface area contributed by atoms with E-state index in [0.29, 0.717) is 6.54 Å². The van der Waals surface area contributed by atoms with E-state index in [-0.39, 0.29) is 5.92 Å². The molecule has 1 fully saturated rings. The molecule has 0 saturated carbocycles. The van der Waals surface area contributed by atoms with E-state index in [1.54, 1.807) is 0 Å². The third-order valence-electron chi connectivity index (χ3n) is 5.12. The van der Waals surface area contributed by atoms with Gasteiger partial charge in [-0.3, -0.25) is 4.57 Å². The average molecular weight is 401 g/mol. The van der Waals surface area contributed by atoms with Crippen LogP contribution >= 0.6 is 0 Å². The molecule has 9 heteroatoms. The number of para-hydroxylation sites is 1. The maximum Gasteiger partial charge on any atom is 0.227 e. The lowest BCUT2D eigenvalue weighted by molar-refractivity contribution is 0.406. The molecule has 1 saturated heterocycles. The molecule has 0 bridgehead atoms. The molecule has 0 aliphatic carbocycles. The van der Waals surface area contributed by atoms with Gasteiger partial charge in [0.2, 0.25) is 16.0 Å². The zero-order valence-corrected chi connectivity index (χ0v) is 16.9. The van der Waals surface area contributed by atoms with Crippen LogP contribution in [0, 0.1) is 5.92 Å². The zero-order valence-electron chi connectivity index (χ0n) is 16.0. The normalized spacial score (nSPS) is 17.9. The number of benzene rings is 1. The SMILES string of the molecule is Cn1c(-c2ccc3ccccc3n2)nnc1N1CCC[C@H](CNS(C)(=O)=O)C1. The van der Waals surface area contributed by atoms with Crippen molar-refractivity contribution in [2.45, 2.75) is 12.8 Å². The summed E-state index contributed by atoms with van der Waals surface area (Å²) >= 11 is 0. The topological polar surface area (TPSA) is 93.0 Å². The van der Waals surface area contributed by atoms with Gasteiger partial charge in [0, 0.05) is 32.1 Å². The van der Waals surface area contributed by atoms with Gasteiger partial charge in [0.05, 0.1) is 11.8 Å². The molecule has 3 aromatic rings. The Hall–Kier alpha value is -2.52. The molecule has 1 N–H and O–H groups in total. The molecule has 1 aliphatic rings. The molecular weight excluding hydrogens is 376 g/mol. The number of nitrogens with one attached hydrogen (secondary N) is 1. The summed E-state index contributed by atoms with van der Waals surface area (Å²) in [6.45, 7) is 2.08. The fourth-order valence-electron chi connectivity index (χ4n) is 3.69. The molecular formula is C19H24N6O2S. The Morgan fingerprint density at radius 2 is 2.00 bits per heavy atom. The Morgan fingerprint density at radius 3 is 2.82 bits per heavy atom. The molecule has 3 heterocycles. The number of hydrogen-bond donors (Lipinski definition) is 1. The minimum atomic E-state index is -3.17. The lowest BCUT2D eigenvalue weighted by atomic mass is 9.99. The van der Waals surface area contributed by atoms with Gasteiger partial charge >= 0.3 is 0 Å². The molecule has 148 valence electrons. The van der Waals surface area contributed by atoms with Crippen LogP contribution in [0.25, 0.3) is 22.4 Å². The average Bonchev–Trinajstić information content (AvgIpc) is 3.07. The molecule has 2 aromatic heterocycles. The first kappa shape index (κ1) is 18.8. The summed E-state index contributed by atoms with van der Waals surface area (Å²) in [5.74, 6) is 1.76. The highest BCUT2D eigenvalue weighted by molar-refractivity contribution is 7.88. The van der Waals surface area contributed by atoms with E-state index >= 15 is 0 Å². The Balaban J connectivity index is 1.55. The Kier molecular flexibility index (Phi) is 5.03. The molecule has 1 aliphatic heterocycles. The summed E-state index contributed by atoms with van der Waals surface area (Å²) in [7, 11) is -1.23. The summed E-state index contributed by atoms with van der Waals surface area (Å²) in [6.07, 6.45) is 3.18. The molecule has 0 radical (unpaired) electrons. The van der Waals surface area contributed by atoms with E-state index in [2.05, 4.69) is 19.8 Å². The highest BCUT2D eigenvalue weighted by Crippen LogP contribution is 2.25. The Bertz CT molecular complexity index is 1090. The van der Waals surface area contributed by atoms with Crippen LogP contribution in [0.4, 0.5) is 5.95 Å². The molecule has 0 unspecified atom stereocenters. The fraction of sp³-hybridized carbons (Fsp3) is 0.421. The second-order valence-electron chi connectivity index (χ2n) is 7.35. The van der Waals surface area contributed by atoms with E-state index in [4.69, 9.17) is 4.98 Å². The fourth-order valence-corrected chi connectivity index (χ4v) is 4.23. The van der Waals surface area contributed by atoms with E-state index in [1.807, 2.05) is 48.0 Å². The molecule has 4 rings (SSSR count). The third kappa shape index (κ3) is 4.00. The standard InChI is InChI=1S/C19H24N6O2S/c1-24-18(17-10-9-15-7-3-4-8-16(15)21-17)22-23-19(24)25-11-5-6-14(13-25)12-20-28(2,26)27/h3-4,7-10,14,20H,5-6,11-13H2,1-2H3/t14-/m1/s1. The smallest absolute Gasteiger partial charge is 0.227 e. The number of pyridine rings is 1. The van der Waals surface area contributed by atoms with Gasteiger partial charge in [-0.05, 0) is 30.9 Å². The maximum atomic E-state index is 11.4. The van der Waals surface area contributed by atoms with Crippen LogP contribution < -0.4 is 9.62 Å². The van der Waals surface area contributed by atoms with Crippen LogP contribution in [0.2, 0.25) is 0 Å². The number of aromatic nitrogens is 4. The van der Waals surface area contributed by atoms with Gasteiger partial charge < -0.3 is 4.90 Å². The van der Waals surface area contributed by atoms with Crippen LogP contribution in [0.5, 0.6) is 0 Å². The van der Waals surface area contributed by atoms with Crippen molar-refractivity contribution in [2.24, 2.45) is 13.0 Å². The van der Waals surface area contributed by atoms with Crippen molar-refractivity contribution >= 4 is 26.9 Å². The third-order valence-corrected chi connectivity index (χ3v) is 5.81. The van der Waals surface area contributed by atoms with Crippen LogP contribution in [-0.4, -0.2) is 54.1 Å². The number of anilines is 1. The molecule has 8 nitrogen and oxygen atoms in total. The lowest BCUT2D eigenvalue weighted by Gasteiger charge is -2.33. The van der Waals surface area contributed by atoms with Crippen molar-refractivity contribution in [3.8, 4) is 11.5 Å². The Labute approximate surface area is 164 Å². The van der Waals surface area contributed by atoms with Crippen molar-refractivity contribution in [3.05, 3.63) is 36.4 Å². The predicted molar refractivity (Wildman–Crippen MR) is 110 cm³/mol. The molecule has 0 spiro atoms. The molecule has 0 amide bonds. The van der Waals surface area contributed by atoms with Crippen molar-refractivity contribution in [2.75, 3.05) is 30.8 Å². The van der Waals surface area contributed by atoms with Crippen molar-refractivity contribution in [3.63, 3.8) is 0 Å². The van der Waals surface area contributed by atoms with Crippen molar-refractivity contribution in [1.82, 2.24) is 24.5 Å². The number of fused-ring (bicyclic) bond motifs is 1. The largest absolute Gasteiger partial charge is 0.341 e. The summed E-state index contributed by atoms with van der Waals surface area (Å²) in [5.41, 5.74) is 1.71. The number of sulfonamides is 1. The van der Waals surface area contributed by atoms with Gasteiger partial charge in [-0.2, -0.15) is 0 Å². The summed E-state index contributed by atoms with van der Waals surface area (Å²) in [4.78, 5) is 6.89. The van der Waals surface area contributed by atoms with E-state index in [1.165, 1.54) is 6.26 Å². The van der Waals surface area contributed by atoms with Gasteiger partial charge in [-0.25, -0.2) is 18.1 Å². The van der Waals surface area contributed by atoms with Crippen LogP contribution in [0.3, 0.4) is 0 Å². The summed E-state index contributed by atoms with van der Waals surface area (Å²) in [6, 6.07) is 12.0. The van der Waals surface area contributed by atoms with Crippen LogP contribution in [-0.2, 0) is 17.1 Å². The summed E-state index contributed by atoms with van der Waals surface area (Å²) < 4.78 is 27.3. The molecule has 1 aromatic carbocycles. The number of nitrogens with zero attached hydrogens (tertiary/aromatic N) is 5. The van der Waals surface area contributed by atoms with E-state index in [9.17, 15) is 8.42 Å². The second-order valence-corrected chi connectivity index (χ2v) is 9.18. The highest BCUT2D eigenvalue weighted by atomic mass is 32.2. The number of rotatable bonds is 5. The van der Waals surface area contributed by atoms with Gasteiger partial charge in [-0.15, -0.1) is 10.2 Å². The minimum Gasteiger partial charge on any atom is -0.341 e. The minimum absolute atomic E-state index is 0.252. The monoisotopic (exact) mass is 400 g/mol. The first-order chi connectivity index (χ1) is 13.4. The van der Waals surface area contributed by atoms with E-state index in [0.717, 1.165) is 54.3 Å². The van der Waals surface area contributed by atoms with Gasteiger partial charge in [-0.1, -0.05) is 24.3 Å². The highest BCUT2D eigenvalue weighted by Gasteiger charge is 2.25. The quantitative estimate of drug-likeness (QED) is 0.702. The van der Waals surface area contributed by atoms with Crippen molar-refractivity contribution < 1.29 is 8.42 Å². The lowest BCUT2D eigenvalue weighted by Crippen LogP contribution is -2.41. The molecule has 1 atom stereocenters. The number of hydrogen-bond acceptors (Lipinski definition) is 6. The number of piperidine rings is 1. The maximum absolute atomic E-state index is 11.4. The van der Waals surface area contributed by atoms with Gasteiger partial charge in [0.25, 0.3) is 0 Å². The van der Waals surface area contributed by atoms with Crippen LogP contribution in [0.15, 0.2) is 36.4 Å². The second kappa shape index (κ2) is 7.48. The van der Waals surface area contributed by atoms with Crippen LogP contribution in [0.1, 0.15) is 12.8 Å². The Morgan fingerprint density at radius 1 is 1.18 bits per heavy atom. The summed E-state index contributed by atoms with van der Waals surface area (Å²) in [5, 5.41) is 9.86. The van der Waals surface area contributed by atoms with Gasteiger partial charge in [0.1, 0.15) is 5.69 Å². The zero-order chi connectivity index (χ0) is 19.7. The van der Waals surface area contributed by atoms with E-state index < -0.39 is 10.0 Å².